The maximum atomic E-state index is 12.6. The van der Waals surface area contributed by atoms with E-state index in [1.54, 1.807) is 18.2 Å². The standard InChI is InChI=1S/C18H28N4O3/c1-6-7-8-9-14(23)21(10-12(2)3)15-16(19)22(11-13(4)5)18(25)20-17(15)24/h6-9,12-13H,10-11,19H2,1-5H3,(H,20,24,25)/b7-6+,9-8+. The summed E-state index contributed by atoms with van der Waals surface area (Å²) in [4.78, 5) is 40.6. The van der Waals surface area contributed by atoms with Crippen molar-refractivity contribution in [3.05, 3.63) is 45.1 Å². The topological polar surface area (TPSA) is 101 Å². The number of nitrogen functional groups attached to an aromatic ring is 1. The number of nitrogens with zero attached hydrogens (tertiary/aromatic N) is 2. The van der Waals surface area contributed by atoms with E-state index in [0.717, 1.165) is 0 Å². The van der Waals surface area contributed by atoms with Gasteiger partial charge in [-0.15, -0.1) is 0 Å². The van der Waals surface area contributed by atoms with Crippen LogP contribution in [-0.4, -0.2) is 22.0 Å². The number of hydrogen-bond donors (Lipinski definition) is 2. The Morgan fingerprint density at radius 2 is 1.84 bits per heavy atom. The molecule has 1 aromatic rings. The lowest BCUT2D eigenvalue weighted by Crippen LogP contribution is -2.42. The summed E-state index contributed by atoms with van der Waals surface area (Å²) >= 11 is 0. The van der Waals surface area contributed by atoms with Gasteiger partial charge in [0.1, 0.15) is 5.82 Å². The molecular weight excluding hydrogens is 320 g/mol. The van der Waals surface area contributed by atoms with Gasteiger partial charge in [0.15, 0.2) is 5.69 Å². The van der Waals surface area contributed by atoms with E-state index in [9.17, 15) is 14.4 Å². The minimum absolute atomic E-state index is 0.0101. The van der Waals surface area contributed by atoms with Gasteiger partial charge in [-0.05, 0) is 18.8 Å². The summed E-state index contributed by atoms with van der Waals surface area (Å²) in [5, 5.41) is 0. The van der Waals surface area contributed by atoms with E-state index in [-0.39, 0.29) is 29.2 Å². The molecule has 0 spiro atoms. The summed E-state index contributed by atoms with van der Waals surface area (Å²) in [6.07, 6.45) is 6.49. The Labute approximate surface area is 147 Å². The van der Waals surface area contributed by atoms with Gasteiger partial charge in [0, 0.05) is 19.2 Å². The van der Waals surface area contributed by atoms with E-state index in [0.29, 0.717) is 13.1 Å². The third-order valence-electron chi connectivity index (χ3n) is 3.39. The predicted molar refractivity (Wildman–Crippen MR) is 102 cm³/mol. The molecule has 0 radical (unpaired) electrons. The molecule has 0 saturated carbocycles. The average Bonchev–Trinajstić information content (AvgIpc) is 2.49. The molecule has 25 heavy (non-hydrogen) atoms. The Morgan fingerprint density at radius 1 is 1.20 bits per heavy atom. The molecule has 0 aliphatic carbocycles. The Hall–Kier alpha value is -2.57. The number of aromatic nitrogens is 2. The van der Waals surface area contributed by atoms with E-state index in [4.69, 9.17) is 5.73 Å². The molecule has 0 bridgehead atoms. The van der Waals surface area contributed by atoms with Crippen molar-refractivity contribution in [1.29, 1.82) is 0 Å². The van der Waals surface area contributed by atoms with Crippen molar-refractivity contribution in [2.75, 3.05) is 17.2 Å². The molecule has 0 aliphatic rings. The molecule has 1 rings (SSSR count). The minimum Gasteiger partial charge on any atom is -0.383 e. The Morgan fingerprint density at radius 3 is 2.36 bits per heavy atom. The largest absolute Gasteiger partial charge is 0.383 e. The molecule has 7 nitrogen and oxygen atoms in total. The second-order valence-corrected chi connectivity index (χ2v) is 6.73. The van der Waals surface area contributed by atoms with Crippen LogP contribution in [0.4, 0.5) is 11.5 Å². The summed E-state index contributed by atoms with van der Waals surface area (Å²) in [6.45, 7) is 10.2. The average molecular weight is 348 g/mol. The first-order valence-corrected chi connectivity index (χ1v) is 8.42. The van der Waals surface area contributed by atoms with Crippen molar-refractivity contribution in [1.82, 2.24) is 9.55 Å². The van der Waals surface area contributed by atoms with Crippen LogP contribution in [0.3, 0.4) is 0 Å². The zero-order chi connectivity index (χ0) is 19.1. The zero-order valence-electron chi connectivity index (χ0n) is 15.6. The number of anilines is 2. The number of H-pyrrole nitrogens is 1. The van der Waals surface area contributed by atoms with Crippen LogP contribution in [0.25, 0.3) is 0 Å². The number of nitrogens with one attached hydrogen (secondary N) is 1. The third-order valence-corrected chi connectivity index (χ3v) is 3.39. The first-order valence-electron chi connectivity index (χ1n) is 8.42. The van der Waals surface area contributed by atoms with Gasteiger partial charge < -0.3 is 10.6 Å². The number of carbonyl (C=O) groups is 1. The van der Waals surface area contributed by atoms with Crippen LogP contribution >= 0.6 is 0 Å². The Bertz CT molecular complexity index is 770. The van der Waals surface area contributed by atoms with E-state index in [2.05, 4.69) is 4.98 Å². The number of carbonyl (C=O) groups excluding carboxylic acids is 1. The summed E-state index contributed by atoms with van der Waals surface area (Å²) < 4.78 is 1.30. The number of aromatic amines is 1. The first-order chi connectivity index (χ1) is 11.7. The molecule has 0 aliphatic heterocycles. The highest BCUT2D eigenvalue weighted by molar-refractivity contribution is 6.03. The molecule has 1 amide bonds. The Balaban J connectivity index is 3.50. The van der Waals surface area contributed by atoms with Gasteiger partial charge in [0.25, 0.3) is 11.5 Å². The van der Waals surface area contributed by atoms with Crippen LogP contribution in [0.15, 0.2) is 33.9 Å². The summed E-state index contributed by atoms with van der Waals surface area (Å²) in [6, 6.07) is 0. The number of hydrogen-bond acceptors (Lipinski definition) is 4. The maximum absolute atomic E-state index is 12.6. The van der Waals surface area contributed by atoms with Crippen LogP contribution in [0.1, 0.15) is 34.6 Å². The number of rotatable bonds is 7. The van der Waals surface area contributed by atoms with E-state index in [1.165, 1.54) is 15.5 Å². The predicted octanol–water partition coefficient (Wildman–Crippen LogP) is 1.90. The molecule has 0 atom stereocenters. The van der Waals surface area contributed by atoms with Crippen LogP contribution < -0.4 is 21.9 Å². The van der Waals surface area contributed by atoms with Crippen molar-refractivity contribution in [2.45, 2.75) is 41.2 Å². The molecule has 1 heterocycles. The molecule has 0 unspecified atom stereocenters. The Kier molecular flexibility index (Phi) is 7.42. The summed E-state index contributed by atoms with van der Waals surface area (Å²) in [5.41, 5.74) is 4.91. The molecule has 1 aromatic heterocycles. The molecule has 7 heteroatoms. The van der Waals surface area contributed by atoms with E-state index in [1.807, 2.05) is 34.6 Å². The van der Waals surface area contributed by atoms with Gasteiger partial charge in [0.2, 0.25) is 0 Å². The number of amides is 1. The molecule has 0 fully saturated rings. The lowest BCUT2D eigenvalue weighted by Gasteiger charge is -2.25. The quantitative estimate of drug-likeness (QED) is 0.580. The van der Waals surface area contributed by atoms with Crippen LogP contribution in [0, 0.1) is 11.8 Å². The molecule has 3 N–H and O–H groups in total. The van der Waals surface area contributed by atoms with Crippen molar-refractivity contribution in [3.8, 4) is 0 Å². The minimum atomic E-state index is -0.657. The SMILES string of the molecule is C/C=C/C=C/C(=O)N(CC(C)C)c1c(N)n(CC(C)C)c(=O)[nH]c1=O. The number of allylic oxidation sites excluding steroid dienone is 3. The van der Waals surface area contributed by atoms with E-state index < -0.39 is 11.2 Å². The number of nitrogens with two attached hydrogens (primary N) is 1. The van der Waals surface area contributed by atoms with E-state index >= 15 is 0 Å². The zero-order valence-corrected chi connectivity index (χ0v) is 15.6. The van der Waals surface area contributed by atoms with Crippen LogP contribution in [0.2, 0.25) is 0 Å². The molecule has 0 saturated heterocycles. The maximum Gasteiger partial charge on any atom is 0.330 e. The molecule has 138 valence electrons. The summed E-state index contributed by atoms with van der Waals surface area (Å²) in [5.74, 6) is -0.0828. The van der Waals surface area contributed by atoms with Crippen molar-refractivity contribution in [3.63, 3.8) is 0 Å². The van der Waals surface area contributed by atoms with Crippen molar-refractivity contribution >= 4 is 17.4 Å². The summed E-state index contributed by atoms with van der Waals surface area (Å²) in [7, 11) is 0. The third kappa shape index (κ3) is 5.48. The van der Waals surface area contributed by atoms with Crippen LogP contribution in [-0.2, 0) is 11.3 Å². The van der Waals surface area contributed by atoms with Crippen molar-refractivity contribution < 1.29 is 4.79 Å². The highest BCUT2D eigenvalue weighted by atomic mass is 16.2. The fourth-order valence-corrected chi connectivity index (χ4v) is 2.38. The normalized spacial score (nSPS) is 12.0. The van der Waals surface area contributed by atoms with Gasteiger partial charge in [-0.3, -0.25) is 19.1 Å². The highest BCUT2D eigenvalue weighted by Crippen LogP contribution is 2.19. The van der Waals surface area contributed by atoms with Gasteiger partial charge >= 0.3 is 5.69 Å². The van der Waals surface area contributed by atoms with Gasteiger partial charge in [-0.1, -0.05) is 45.9 Å². The highest BCUT2D eigenvalue weighted by Gasteiger charge is 2.23. The molecular formula is C18H28N4O3. The monoisotopic (exact) mass is 348 g/mol. The lowest BCUT2D eigenvalue weighted by atomic mass is 10.2. The second kappa shape index (κ2) is 9.05. The van der Waals surface area contributed by atoms with Crippen LogP contribution in [0.5, 0.6) is 0 Å². The van der Waals surface area contributed by atoms with Gasteiger partial charge in [-0.2, -0.15) is 0 Å². The fraction of sp³-hybridized carbons (Fsp3) is 0.500. The van der Waals surface area contributed by atoms with Gasteiger partial charge in [-0.25, -0.2) is 4.79 Å². The smallest absolute Gasteiger partial charge is 0.330 e. The first kappa shape index (κ1) is 20.5. The second-order valence-electron chi connectivity index (χ2n) is 6.73. The van der Waals surface area contributed by atoms with Crippen molar-refractivity contribution in [2.24, 2.45) is 11.8 Å². The van der Waals surface area contributed by atoms with Gasteiger partial charge in [0.05, 0.1) is 0 Å². The lowest BCUT2D eigenvalue weighted by molar-refractivity contribution is -0.114. The molecule has 0 aromatic carbocycles. The fourth-order valence-electron chi connectivity index (χ4n) is 2.38.